The SMILES string of the molecule is CO[C@@H]1/C=C(\C)C[C@H](/C=C/C=C/Br)OC(=O)[C@@H](C)[C@]2(O)C[C@H](O)[C@@H](C)[C@H](C1)O2. The zero-order valence-electron chi connectivity index (χ0n) is 16.9. The summed E-state index contributed by atoms with van der Waals surface area (Å²) in [6.45, 7) is 5.42. The summed E-state index contributed by atoms with van der Waals surface area (Å²) in [5, 5.41) is 21.5. The van der Waals surface area contributed by atoms with E-state index in [0.29, 0.717) is 12.8 Å². The van der Waals surface area contributed by atoms with E-state index in [-0.39, 0.29) is 18.4 Å². The van der Waals surface area contributed by atoms with E-state index in [1.165, 1.54) is 0 Å². The van der Waals surface area contributed by atoms with Gasteiger partial charge in [0, 0.05) is 32.3 Å². The average molecular weight is 459 g/mol. The highest BCUT2D eigenvalue weighted by Crippen LogP contribution is 2.39. The molecular formula is C21H31BrO6. The fourth-order valence-electron chi connectivity index (χ4n) is 3.67. The maximum absolute atomic E-state index is 12.7. The number of allylic oxidation sites excluding steroid dienone is 2. The van der Waals surface area contributed by atoms with Crippen molar-refractivity contribution >= 4 is 21.9 Å². The number of hydrogen-bond acceptors (Lipinski definition) is 6. The van der Waals surface area contributed by atoms with Gasteiger partial charge in [0.05, 0.1) is 18.3 Å². The Kier molecular flexibility index (Phi) is 8.45. The quantitative estimate of drug-likeness (QED) is 0.383. The Balaban J connectivity index is 2.39. The smallest absolute Gasteiger partial charge is 0.314 e. The molecule has 0 amide bonds. The lowest BCUT2D eigenvalue weighted by Crippen LogP contribution is -2.56. The third kappa shape index (κ3) is 5.76. The molecule has 2 N–H and O–H groups in total. The van der Waals surface area contributed by atoms with Gasteiger partial charge in [-0.05, 0) is 24.9 Å². The largest absolute Gasteiger partial charge is 0.457 e. The molecule has 0 spiro atoms. The second-order valence-electron chi connectivity index (χ2n) is 7.76. The highest BCUT2D eigenvalue weighted by atomic mass is 79.9. The Labute approximate surface area is 175 Å². The number of aliphatic hydroxyl groups is 2. The highest BCUT2D eigenvalue weighted by molar-refractivity contribution is 9.11. The summed E-state index contributed by atoms with van der Waals surface area (Å²) in [6, 6.07) is 0. The molecule has 0 radical (unpaired) electrons. The number of carbonyl (C=O) groups is 1. The molecule has 2 rings (SSSR count). The van der Waals surface area contributed by atoms with Crippen LogP contribution in [0.15, 0.2) is 34.9 Å². The number of aliphatic hydroxyl groups excluding tert-OH is 1. The standard InChI is InChI=1S/C21H31BrO6/c1-13-9-16(7-5-6-8-22)27-20(24)15(3)21(25)12-18(23)14(2)19(28-21)11-17(10-13)26-4/h5-8,10,14-19,23,25H,9,11-12H2,1-4H3/b7-5+,8-6+,13-10+/t14-,15-,16+,17-,18+,19+,21+/m1/s1. The van der Waals surface area contributed by atoms with Gasteiger partial charge in [0.2, 0.25) is 0 Å². The van der Waals surface area contributed by atoms with Crippen molar-refractivity contribution in [2.45, 2.75) is 70.2 Å². The van der Waals surface area contributed by atoms with E-state index in [9.17, 15) is 15.0 Å². The molecule has 0 aromatic heterocycles. The van der Waals surface area contributed by atoms with Crippen LogP contribution in [0.3, 0.4) is 0 Å². The number of cyclic esters (lactones) is 1. The first-order valence-electron chi connectivity index (χ1n) is 9.62. The monoisotopic (exact) mass is 458 g/mol. The fourth-order valence-corrected chi connectivity index (χ4v) is 3.85. The number of fused-ring (bicyclic) bond motifs is 2. The number of halogens is 1. The molecule has 7 heteroatoms. The number of ether oxygens (including phenoxy) is 3. The molecule has 2 heterocycles. The minimum Gasteiger partial charge on any atom is -0.457 e. The summed E-state index contributed by atoms with van der Waals surface area (Å²) in [7, 11) is 1.62. The van der Waals surface area contributed by atoms with E-state index in [1.807, 2.05) is 19.9 Å². The maximum Gasteiger partial charge on any atom is 0.314 e. The van der Waals surface area contributed by atoms with Crippen molar-refractivity contribution in [3.05, 3.63) is 34.9 Å². The van der Waals surface area contributed by atoms with Crippen LogP contribution in [0.5, 0.6) is 0 Å². The zero-order valence-corrected chi connectivity index (χ0v) is 18.5. The topological polar surface area (TPSA) is 85.2 Å². The van der Waals surface area contributed by atoms with Crippen LogP contribution >= 0.6 is 15.9 Å². The summed E-state index contributed by atoms with van der Waals surface area (Å²) < 4.78 is 17.2. The molecule has 2 bridgehead atoms. The van der Waals surface area contributed by atoms with Crippen LogP contribution in [0.25, 0.3) is 0 Å². The van der Waals surface area contributed by atoms with Gasteiger partial charge >= 0.3 is 5.97 Å². The number of hydrogen-bond donors (Lipinski definition) is 2. The van der Waals surface area contributed by atoms with Gasteiger partial charge in [-0.25, -0.2) is 0 Å². The van der Waals surface area contributed by atoms with Gasteiger partial charge in [-0.1, -0.05) is 46.7 Å². The van der Waals surface area contributed by atoms with Crippen molar-refractivity contribution in [1.82, 2.24) is 0 Å². The van der Waals surface area contributed by atoms with Gasteiger partial charge in [0.25, 0.3) is 0 Å². The van der Waals surface area contributed by atoms with Crippen LogP contribution in [-0.4, -0.2) is 53.5 Å². The molecule has 0 unspecified atom stereocenters. The summed E-state index contributed by atoms with van der Waals surface area (Å²) in [5.74, 6) is -3.47. The Morgan fingerprint density at radius 1 is 1.36 bits per heavy atom. The minimum absolute atomic E-state index is 0.0414. The van der Waals surface area contributed by atoms with Crippen molar-refractivity contribution < 1.29 is 29.2 Å². The van der Waals surface area contributed by atoms with E-state index in [4.69, 9.17) is 14.2 Å². The molecule has 0 saturated carbocycles. The zero-order chi connectivity index (χ0) is 20.9. The summed E-state index contributed by atoms with van der Waals surface area (Å²) in [4.78, 5) is 14.4. The van der Waals surface area contributed by atoms with Gasteiger partial charge < -0.3 is 24.4 Å². The number of esters is 1. The highest BCUT2D eigenvalue weighted by Gasteiger charge is 2.50. The maximum atomic E-state index is 12.7. The van der Waals surface area contributed by atoms with Crippen LogP contribution in [0.4, 0.5) is 0 Å². The first-order chi connectivity index (χ1) is 13.2. The summed E-state index contributed by atoms with van der Waals surface area (Å²) >= 11 is 3.20. The molecular weight excluding hydrogens is 428 g/mol. The number of methoxy groups -OCH3 is 1. The molecule has 1 fully saturated rings. The van der Waals surface area contributed by atoms with Crippen LogP contribution in [0, 0.1) is 11.8 Å². The van der Waals surface area contributed by atoms with Crippen LogP contribution in [0.1, 0.15) is 40.0 Å². The van der Waals surface area contributed by atoms with Gasteiger partial charge in [-0.15, -0.1) is 0 Å². The molecule has 2 aliphatic rings. The van der Waals surface area contributed by atoms with E-state index < -0.39 is 36.0 Å². The third-order valence-corrected chi connectivity index (χ3v) is 5.92. The number of rotatable bonds is 3. The molecule has 158 valence electrons. The number of carbonyl (C=O) groups excluding carboxylic acids is 1. The molecule has 28 heavy (non-hydrogen) atoms. The van der Waals surface area contributed by atoms with Gasteiger partial charge in [-0.2, -0.15) is 0 Å². The van der Waals surface area contributed by atoms with Gasteiger partial charge in [0.1, 0.15) is 12.0 Å². The Morgan fingerprint density at radius 3 is 2.71 bits per heavy atom. The first-order valence-corrected chi connectivity index (χ1v) is 10.5. The lowest BCUT2D eigenvalue weighted by Gasteiger charge is -2.46. The summed E-state index contributed by atoms with van der Waals surface area (Å²) in [5.41, 5.74) is 1.02. The Bertz CT molecular complexity index is 630. The van der Waals surface area contributed by atoms with Crippen molar-refractivity contribution in [2.24, 2.45) is 11.8 Å². The molecule has 7 atom stereocenters. The molecule has 2 aliphatic heterocycles. The van der Waals surface area contributed by atoms with Crippen molar-refractivity contribution in [1.29, 1.82) is 0 Å². The summed E-state index contributed by atoms with van der Waals surface area (Å²) in [6.07, 6.45) is 6.34. The molecule has 0 aliphatic carbocycles. The first kappa shape index (κ1) is 23.3. The fraction of sp³-hybridized carbons (Fsp3) is 0.667. The molecule has 6 nitrogen and oxygen atoms in total. The van der Waals surface area contributed by atoms with E-state index >= 15 is 0 Å². The van der Waals surface area contributed by atoms with Crippen LogP contribution in [0.2, 0.25) is 0 Å². The lowest BCUT2D eigenvalue weighted by atomic mass is 9.82. The predicted octanol–water partition coefficient (Wildman–Crippen LogP) is 3.23. The lowest BCUT2D eigenvalue weighted by molar-refractivity contribution is -0.310. The van der Waals surface area contributed by atoms with E-state index in [0.717, 1.165) is 5.57 Å². The van der Waals surface area contributed by atoms with E-state index in [1.54, 1.807) is 37.2 Å². The van der Waals surface area contributed by atoms with Crippen LogP contribution in [-0.2, 0) is 19.0 Å². The molecule has 1 saturated heterocycles. The van der Waals surface area contributed by atoms with E-state index in [2.05, 4.69) is 15.9 Å². The Morgan fingerprint density at radius 2 is 2.07 bits per heavy atom. The van der Waals surface area contributed by atoms with Gasteiger partial charge in [-0.3, -0.25) is 4.79 Å². The second kappa shape index (κ2) is 10.2. The predicted molar refractivity (Wildman–Crippen MR) is 110 cm³/mol. The normalized spacial score (nSPS) is 42.5. The molecule has 0 aromatic rings. The van der Waals surface area contributed by atoms with Crippen LogP contribution < -0.4 is 0 Å². The van der Waals surface area contributed by atoms with Crippen molar-refractivity contribution in [3.63, 3.8) is 0 Å². The molecule has 0 aromatic carbocycles. The third-order valence-electron chi connectivity index (χ3n) is 5.62. The van der Waals surface area contributed by atoms with Crippen molar-refractivity contribution in [3.8, 4) is 0 Å². The average Bonchev–Trinajstić information content (AvgIpc) is 2.63. The second-order valence-corrected chi connectivity index (χ2v) is 8.29. The van der Waals surface area contributed by atoms with Gasteiger partial charge in [0.15, 0.2) is 5.79 Å². The van der Waals surface area contributed by atoms with Crippen molar-refractivity contribution in [2.75, 3.05) is 7.11 Å². The minimum atomic E-state index is -1.78. The Hall–Kier alpha value is -0.990.